The Kier molecular flexibility index (Phi) is 5.58. The van der Waals surface area contributed by atoms with Gasteiger partial charge in [0.25, 0.3) is 0 Å². The molecular formula is C18H21N3OS. The van der Waals surface area contributed by atoms with E-state index in [0.717, 1.165) is 25.4 Å². The molecular weight excluding hydrogens is 306 g/mol. The monoisotopic (exact) mass is 327 g/mol. The van der Waals surface area contributed by atoms with Crippen LogP contribution in [0.15, 0.2) is 48.0 Å². The molecule has 0 atom stereocenters. The van der Waals surface area contributed by atoms with Gasteiger partial charge in [0.2, 0.25) is 0 Å². The van der Waals surface area contributed by atoms with Crippen LogP contribution in [-0.2, 0) is 24.4 Å². The maximum absolute atomic E-state index is 5.54. The zero-order chi connectivity index (χ0) is 15.9. The number of hydrogen-bond acceptors (Lipinski definition) is 4. The van der Waals surface area contributed by atoms with Gasteiger partial charge in [-0.25, -0.2) is 0 Å². The number of rotatable bonds is 8. The van der Waals surface area contributed by atoms with E-state index in [0.29, 0.717) is 6.61 Å². The van der Waals surface area contributed by atoms with E-state index in [9.17, 15) is 0 Å². The number of H-pyrrole nitrogens is 1. The molecule has 3 rings (SSSR count). The quantitative estimate of drug-likeness (QED) is 0.658. The summed E-state index contributed by atoms with van der Waals surface area (Å²) in [6, 6.07) is 12.6. The normalized spacial score (nSPS) is 11.0. The van der Waals surface area contributed by atoms with E-state index in [1.807, 2.05) is 13.1 Å². The summed E-state index contributed by atoms with van der Waals surface area (Å²) < 4.78 is 5.54. The van der Waals surface area contributed by atoms with Crippen LogP contribution in [0, 0.1) is 0 Å². The maximum atomic E-state index is 5.54. The van der Waals surface area contributed by atoms with Crippen molar-refractivity contribution in [2.45, 2.75) is 26.6 Å². The van der Waals surface area contributed by atoms with Gasteiger partial charge in [-0.1, -0.05) is 30.3 Å². The highest BCUT2D eigenvalue weighted by Gasteiger charge is 2.08. The van der Waals surface area contributed by atoms with E-state index in [-0.39, 0.29) is 0 Å². The summed E-state index contributed by atoms with van der Waals surface area (Å²) in [4.78, 5) is 1.22. The molecule has 0 aliphatic heterocycles. The second-order valence-electron chi connectivity index (χ2n) is 5.26. The highest BCUT2D eigenvalue weighted by molar-refractivity contribution is 7.13. The lowest BCUT2D eigenvalue weighted by atomic mass is 10.1. The third-order valence-corrected chi connectivity index (χ3v) is 4.58. The fourth-order valence-electron chi connectivity index (χ4n) is 2.49. The first kappa shape index (κ1) is 15.9. The summed E-state index contributed by atoms with van der Waals surface area (Å²) in [5.41, 5.74) is 4.82. The average molecular weight is 327 g/mol. The number of thiophene rings is 1. The SMILES string of the molecule is CCOCc1ccccc1CNCc1cn[nH]c1-c1cccs1. The first-order valence-electron chi connectivity index (χ1n) is 7.80. The molecule has 0 amide bonds. The second kappa shape index (κ2) is 8.06. The van der Waals surface area contributed by atoms with Gasteiger partial charge in [-0.3, -0.25) is 5.10 Å². The fraction of sp³-hybridized carbons (Fsp3) is 0.278. The topological polar surface area (TPSA) is 49.9 Å². The maximum Gasteiger partial charge on any atom is 0.0794 e. The summed E-state index contributed by atoms with van der Waals surface area (Å²) >= 11 is 1.72. The Balaban J connectivity index is 1.61. The van der Waals surface area contributed by atoms with Gasteiger partial charge in [-0.2, -0.15) is 5.10 Å². The van der Waals surface area contributed by atoms with E-state index in [4.69, 9.17) is 4.74 Å². The molecule has 1 aromatic carbocycles. The molecule has 0 saturated heterocycles. The highest BCUT2D eigenvalue weighted by Crippen LogP contribution is 2.25. The highest BCUT2D eigenvalue weighted by atomic mass is 32.1. The average Bonchev–Trinajstić information content (AvgIpc) is 3.25. The standard InChI is InChI=1S/C18H21N3OS/c1-2-22-13-15-7-4-3-6-14(15)10-19-11-16-12-20-21-18(16)17-8-5-9-23-17/h3-9,12,19H,2,10-11,13H2,1H3,(H,20,21). The van der Waals surface area contributed by atoms with Crippen LogP contribution in [-0.4, -0.2) is 16.8 Å². The van der Waals surface area contributed by atoms with Crippen molar-refractivity contribution in [1.29, 1.82) is 0 Å². The first-order valence-corrected chi connectivity index (χ1v) is 8.67. The third-order valence-electron chi connectivity index (χ3n) is 3.70. The fourth-order valence-corrected chi connectivity index (χ4v) is 3.25. The van der Waals surface area contributed by atoms with Crippen molar-refractivity contribution in [3.8, 4) is 10.6 Å². The van der Waals surface area contributed by atoms with Gasteiger partial charge in [0, 0.05) is 25.3 Å². The van der Waals surface area contributed by atoms with Crippen LogP contribution >= 0.6 is 11.3 Å². The molecule has 120 valence electrons. The number of nitrogens with zero attached hydrogens (tertiary/aromatic N) is 1. The zero-order valence-corrected chi connectivity index (χ0v) is 14.0. The Morgan fingerprint density at radius 1 is 1.09 bits per heavy atom. The molecule has 0 saturated carbocycles. The molecule has 0 aliphatic rings. The Morgan fingerprint density at radius 3 is 2.70 bits per heavy atom. The summed E-state index contributed by atoms with van der Waals surface area (Å²) in [6.45, 7) is 5.03. The number of benzene rings is 1. The van der Waals surface area contributed by atoms with E-state index < -0.39 is 0 Å². The lowest BCUT2D eigenvalue weighted by Crippen LogP contribution is -2.14. The molecule has 2 N–H and O–H groups in total. The number of aromatic nitrogens is 2. The summed E-state index contributed by atoms with van der Waals surface area (Å²) in [6.07, 6.45) is 1.90. The number of aromatic amines is 1. The van der Waals surface area contributed by atoms with Gasteiger partial charge < -0.3 is 10.1 Å². The third kappa shape index (κ3) is 4.07. The second-order valence-corrected chi connectivity index (χ2v) is 6.20. The smallest absolute Gasteiger partial charge is 0.0794 e. The largest absolute Gasteiger partial charge is 0.377 e. The van der Waals surface area contributed by atoms with Gasteiger partial charge in [0.15, 0.2) is 0 Å². The minimum absolute atomic E-state index is 0.667. The van der Waals surface area contributed by atoms with Crippen molar-refractivity contribution in [1.82, 2.24) is 15.5 Å². The van der Waals surface area contributed by atoms with E-state index in [1.165, 1.54) is 21.6 Å². The Morgan fingerprint density at radius 2 is 1.91 bits per heavy atom. The minimum atomic E-state index is 0.667. The summed E-state index contributed by atoms with van der Waals surface area (Å²) in [5.74, 6) is 0. The lowest BCUT2D eigenvalue weighted by Gasteiger charge is -2.10. The predicted molar refractivity (Wildman–Crippen MR) is 94.2 cm³/mol. The van der Waals surface area contributed by atoms with Crippen molar-refractivity contribution < 1.29 is 4.74 Å². The first-order chi connectivity index (χ1) is 11.4. The van der Waals surface area contributed by atoms with Crippen molar-refractivity contribution >= 4 is 11.3 Å². The van der Waals surface area contributed by atoms with Crippen LogP contribution in [0.25, 0.3) is 10.6 Å². The zero-order valence-electron chi connectivity index (χ0n) is 13.2. The van der Waals surface area contributed by atoms with Crippen LogP contribution in [0.5, 0.6) is 0 Å². The molecule has 5 heteroatoms. The van der Waals surface area contributed by atoms with Crippen molar-refractivity contribution in [3.63, 3.8) is 0 Å². The predicted octanol–water partition coefficient (Wildman–Crippen LogP) is 3.96. The van der Waals surface area contributed by atoms with Crippen molar-refractivity contribution in [2.24, 2.45) is 0 Å². The summed E-state index contributed by atoms with van der Waals surface area (Å²) in [5, 5.41) is 12.9. The van der Waals surface area contributed by atoms with Gasteiger partial charge in [0.05, 0.1) is 23.4 Å². The van der Waals surface area contributed by atoms with E-state index in [1.54, 1.807) is 11.3 Å². The van der Waals surface area contributed by atoms with Crippen molar-refractivity contribution in [2.75, 3.05) is 6.61 Å². The number of hydrogen-bond donors (Lipinski definition) is 2. The molecule has 4 nitrogen and oxygen atoms in total. The van der Waals surface area contributed by atoms with Gasteiger partial charge >= 0.3 is 0 Å². The molecule has 3 aromatic rings. The molecule has 0 bridgehead atoms. The Bertz CT molecular complexity index is 721. The Hall–Kier alpha value is -1.95. The molecule has 0 spiro atoms. The molecule has 0 fully saturated rings. The molecule has 0 unspecified atom stereocenters. The molecule has 2 heterocycles. The van der Waals surface area contributed by atoms with Gasteiger partial charge in [-0.05, 0) is 29.5 Å². The van der Waals surface area contributed by atoms with E-state index in [2.05, 4.69) is 57.3 Å². The molecule has 0 radical (unpaired) electrons. The van der Waals surface area contributed by atoms with Gasteiger partial charge in [-0.15, -0.1) is 11.3 Å². The van der Waals surface area contributed by atoms with Crippen LogP contribution in [0.2, 0.25) is 0 Å². The Labute approximate surface area is 140 Å². The molecule has 2 aromatic heterocycles. The number of nitrogens with one attached hydrogen (secondary N) is 2. The van der Waals surface area contributed by atoms with Crippen LogP contribution < -0.4 is 5.32 Å². The van der Waals surface area contributed by atoms with Crippen LogP contribution in [0.4, 0.5) is 0 Å². The minimum Gasteiger partial charge on any atom is -0.377 e. The molecule has 0 aliphatic carbocycles. The lowest BCUT2D eigenvalue weighted by molar-refractivity contribution is 0.133. The summed E-state index contributed by atoms with van der Waals surface area (Å²) in [7, 11) is 0. The van der Waals surface area contributed by atoms with Crippen LogP contribution in [0.3, 0.4) is 0 Å². The number of ether oxygens (including phenoxy) is 1. The van der Waals surface area contributed by atoms with Crippen molar-refractivity contribution in [3.05, 3.63) is 64.7 Å². The van der Waals surface area contributed by atoms with E-state index >= 15 is 0 Å². The molecule has 23 heavy (non-hydrogen) atoms. The van der Waals surface area contributed by atoms with Gasteiger partial charge in [0.1, 0.15) is 0 Å². The van der Waals surface area contributed by atoms with Crippen LogP contribution in [0.1, 0.15) is 23.6 Å².